The normalized spacial score (nSPS) is 12.9. The highest BCUT2D eigenvalue weighted by molar-refractivity contribution is 8.12. The van der Waals surface area contributed by atoms with Gasteiger partial charge in [0.05, 0.1) is 0 Å². The van der Waals surface area contributed by atoms with Crippen molar-refractivity contribution in [2.24, 2.45) is 5.73 Å². The zero-order valence-corrected chi connectivity index (χ0v) is 13.8. The molecule has 1 aliphatic carbocycles. The molecule has 0 aliphatic heterocycles. The van der Waals surface area contributed by atoms with Gasteiger partial charge in [-0.15, -0.1) is 6.58 Å². The average Bonchev–Trinajstić information content (AvgIpc) is 3.37. The molecule has 1 aliphatic rings. The molecule has 22 heavy (non-hydrogen) atoms. The van der Waals surface area contributed by atoms with Gasteiger partial charge in [0, 0.05) is 31.0 Å². The lowest BCUT2D eigenvalue weighted by Gasteiger charge is -2.11. The van der Waals surface area contributed by atoms with E-state index in [1.807, 2.05) is 0 Å². The third-order valence-electron chi connectivity index (χ3n) is 3.49. The largest absolute Gasteiger partial charge is 0.383 e. The minimum Gasteiger partial charge on any atom is -0.383 e. The van der Waals surface area contributed by atoms with Gasteiger partial charge in [-0.3, -0.25) is 4.79 Å². The van der Waals surface area contributed by atoms with E-state index < -0.39 is 0 Å². The van der Waals surface area contributed by atoms with Crippen LogP contribution in [0.2, 0.25) is 0 Å². The van der Waals surface area contributed by atoms with E-state index in [1.165, 1.54) is 47.0 Å². The van der Waals surface area contributed by atoms with Crippen LogP contribution in [0.4, 0.5) is 0 Å². The van der Waals surface area contributed by atoms with E-state index in [0.29, 0.717) is 13.0 Å². The maximum atomic E-state index is 11.7. The number of thioether (sulfide) groups is 1. The van der Waals surface area contributed by atoms with Gasteiger partial charge in [-0.1, -0.05) is 42.1 Å². The molecule has 0 spiro atoms. The highest BCUT2D eigenvalue weighted by atomic mass is 32.2. The van der Waals surface area contributed by atoms with E-state index in [9.17, 15) is 4.79 Å². The molecule has 1 saturated carbocycles. The first kappa shape index (κ1) is 16.8. The van der Waals surface area contributed by atoms with Crippen LogP contribution in [0.5, 0.6) is 0 Å². The molecule has 1 aromatic carbocycles. The van der Waals surface area contributed by atoms with E-state index in [1.54, 1.807) is 6.08 Å². The third-order valence-corrected chi connectivity index (χ3v) is 4.50. The summed E-state index contributed by atoms with van der Waals surface area (Å²) in [6, 6.07) is 8.48. The first-order valence-corrected chi connectivity index (χ1v) is 8.75. The molecule has 0 heterocycles. The van der Waals surface area contributed by atoms with Crippen LogP contribution >= 0.6 is 11.8 Å². The van der Waals surface area contributed by atoms with Crippen LogP contribution in [0, 0.1) is 0 Å². The van der Waals surface area contributed by atoms with Crippen LogP contribution in [0.1, 0.15) is 36.8 Å². The molecule has 0 amide bonds. The fourth-order valence-corrected chi connectivity index (χ4v) is 2.95. The maximum absolute atomic E-state index is 11.7. The summed E-state index contributed by atoms with van der Waals surface area (Å²) < 4.78 is 0. The summed E-state index contributed by atoms with van der Waals surface area (Å²) in [5.41, 5.74) is 10.7. The van der Waals surface area contributed by atoms with Gasteiger partial charge in [-0.2, -0.15) is 0 Å². The van der Waals surface area contributed by atoms with Crippen molar-refractivity contribution in [1.82, 2.24) is 5.32 Å². The van der Waals surface area contributed by atoms with Crippen molar-refractivity contribution in [2.45, 2.75) is 31.4 Å². The van der Waals surface area contributed by atoms with E-state index in [-0.39, 0.29) is 5.12 Å². The number of hydrogen-bond acceptors (Lipinski definition) is 4. The fraction of sp³-hybridized carbons (Fsp3) is 0.389. The summed E-state index contributed by atoms with van der Waals surface area (Å²) >= 11 is 1.39. The molecule has 1 fully saturated rings. The molecule has 2 rings (SSSR count). The number of allylic oxidation sites excluding steroid dienone is 2. The summed E-state index contributed by atoms with van der Waals surface area (Å²) in [7, 11) is 0. The van der Waals surface area contributed by atoms with Gasteiger partial charge in [-0.05, 0) is 36.0 Å². The van der Waals surface area contributed by atoms with Crippen LogP contribution in [0.15, 0.2) is 42.5 Å². The van der Waals surface area contributed by atoms with E-state index >= 15 is 0 Å². The van der Waals surface area contributed by atoms with E-state index in [2.05, 4.69) is 36.2 Å². The minimum atomic E-state index is 0.231. The highest BCUT2D eigenvalue weighted by Crippen LogP contribution is 2.35. The van der Waals surface area contributed by atoms with Gasteiger partial charge >= 0.3 is 0 Å². The van der Waals surface area contributed by atoms with Crippen molar-refractivity contribution in [3.05, 3.63) is 53.6 Å². The molecule has 3 N–H and O–H groups in total. The number of nitrogens with one attached hydrogen (secondary N) is 1. The van der Waals surface area contributed by atoms with E-state index in [4.69, 9.17) is 5.73 Å². The standard InChI is InChI=1S/C18H24N2OS/c1-2-3-4-17(21)22-13-14-5-7-15(8-6-14)18(16-9-10-16)20-12-11-19/h2,5-8,20H,1,3-4,9-13,19H2. The predicted molar refractivity (Wildman–Crippen MR) is 95.4 cm³/mol. The van der Waals surface area contributed by atoms with Crippen molar-refractivity contribution < 1.29 is 4.79 Å². The van der Waals surface area contributed by atoms with Crippen LogP contribution in [0.25, 0.3) is 5.70 Å². The quantitative estimate of drug-likeness (QED) is 0.685. The fourth-order valence-electron chi connectivity index (χ4n) is 2.16. The highest BCUT2D eigenvalue weighted by Gasteiger charge is 2.18. The Morgan fingerprint density at radius 2 is 2.05 bits per heavy atom. The SMILES string of the molecule is C=CCCC(=O)SCc1ccc(C(NCCN)=C2CC2)cc1. The zero-order valence-electron chi connectivity index (χ0n) is 12.9. The van der Waals surface area contributed by atoms with Crippen molar-refractivity contribution in [3.8, 4) is 0 Å². The number of carbonyl (C=O) groups excluding carboxylic acids is 1. The molecular weight excluding hydrogens is 292 g/mol. The molecular formula is C18H24N2OS. The lowest BCUT2D eigenvalue weighted by Crippen LogP contribution is -2.21. The molecule has 0 saturated heterocycles. The Hall–Kier alpha value is -1.52. The van der Waals surface area contributed by atoms with Crippen LogP contribution < -0.4 is 11.1 Å². The second-order valence-electron chi connectivity index (χ2n) is 5.38. The number of nitrogens with two attached hydrogens (primary N) is 1. The Bertz CT molecular complexity index is 543. The molecule has 0 radical (unpaired) electrons. The smallest absolute Gasteiger partial charge is 0.189 e. The lowest BCUT2D eigenvalue weighted by molar-refractivity contribution is -0.110. The van der Waals surface area contributed by atoms with Gasteiger partial charge in [-0.25, -0.2) is 0 Å². The lowest BCUT2D eigenvalue weighted by atomic mass is 10.1. The number of benzene rings is 1. The number of rotatable bonds is 9. The second-order valence-corrected chi connectivity index (χ2v) is 6.41. The second kappa shape index (κ2) is 8.81. The molecule has 0 bridgehead atoms. The molecule has 0 atom stereocenters. The van der Waals surface area contributed by atoms with Crippen LogP contribution in [0.3, 0.4) is 0 Å². The van der Waals surface area contributed by atoms with Crippen molar-refractivity contribution in [2.75, 3.05) is 13.1 Å². The number of hydrogen-bond donors (Lipinski definition) is 2. The molecule has 0 aromatic heterocycles. The first-order valence-electron chi connectivity index (χ1n) is 7.76. The van der Waals surface area contributed by atoms with Crippen LogP contribution in [-0.2, 0) is 10.5 Å². The Labute approximate surface area is 137 Å². The Morgan fingerprint density at radius 3 is 2.64 bits per heavy atom. The number of carbonyl (C=O) groups is 1. The van der Waals surface area contributed by atoms with E-state index in [0.717, 1.165) is 18.7 Å². The zero-order chi connectivity index (χ0) is 15.8. The maximum Gasteiger partial charge on any atom is 0.189 e. The van der Waals surface area contributed by atoms with Crippen molar-refractivity contribution >= 4 is 22.6 Å². The summed E-state index contributed by atoms with van der Waals surface area (Å²) in [4.78, 5) is 11.7. The minimum absolute atomic E-state index is 0.231. The Kier molecular flexibility index (Phi) is 6.74. The van der Waals surface area contributed by atoms with Crippen molar-refractivity contribution in [1.29, 1.82) is 0 Å². The van der Waals surface area contributed by atoms with Gasteiger partial charge in [0.2, 0.25) is 0 Å². The summed E-state index contributed by atoms with van der Waals surface area (Å²) in [5.74, 6) is 0.735. The molecule has 0 unspecified atom stereocenters. The molecule has 118 valence electrons. The van der Waals surface area contributed by atoms with Crippen molar-refractivity contribution in [3.63, 3.8) is 0 Å². The molecule has 4 heteroatoms. The van der Waals surface area contributed by atoms with Gasteiger partial charge in [0.1, 0.15) is 0 Å². The monoisotopic (exact) mass is 316 g/mol. The average molecular weight is 316 g/mol. The summed E-state index contributed by atoms with van der Waals surface area (Å²) in [6.07, 6.45) is 5.49. The Balaban J connectivity index is 1.91. The third kappa shape index (κ3) is 5.35. The Morgan fingerprint density at radius 1 is 1.32 bits per heavy atom. The van der Waals surface area contributed by atoms with Crippen LogP contribution in [-0.4, -0.2) is 18.2 Å². The summed E-state index contributed by atoms with van der Waals surface area (Å²) in [5, 5.41) is 3.66. The summed E-state index contributed by atoms with van der Waals surface area (Å²) in [6.45, 7) is 5.08. The van der Waals surface area contributed by atoms with Gasteiger partial charge < -0.3 is 11.1 Å². The molecule has 1 aromatic rings. The van der Waals surface area contributed by atoms with Gasteiger partial charge in [0.25, 0.3) is 0 Å². The predicted octanol–water partition coefficient (Wildman–Crippen LogP) is 3.47. The van der Waals surface area contributed by atoms with Gasteiger partial charge in [0.15, 0.2) is 5.12 Å². The molecule has 3 nitrogen and oxygen atoms in total. The first-order chi connectivity index (χ1) is 10.7. The topological polar surface area (TPSA) is 55.1 Å².